The molecule has 0 spiro atoms. The number of aliphatic imine (C=N–C) groups is 1. The molecule has 2 N–H and O–H groups in total. The van der Waals surface area contributed by atoms with E-state index in [4.69, 9.17) is 0 Å². The summed E-state index contributed by atoms with van der Waals surface area (Å²) in [5.41, 5.74) is 0. The quantitative estimate of drug-likeness (QED) is 0.401. The largest absolute Gasteiger partial charge is 0.356 e. The van der Waals surface area contributed by atoms with Crippen LogP contribution in [0.2, 0.25) is 0 Å². The second-order valence-electron chi connectivity index (χ2n) is 4.59. The summed E-state index contributed by atoms with van der Waals surface area (Å²) in [6, 6.07) is 0. The number of guanidine groups is 1. The van der Waals surface area contributed by atoms with E-state index in [-0.39, 0.29) is 5.75 Å². The molecule has 0 radical (unpaired) electrons. The van der Waals surface area contributed by atoms with Crippen LogP contribution in [-0.2, 0) is 9.84 Å². The first-order valence-corrected chi connectivity index (χ1v) is 8.03. The summed E-state index contributed by atoms with van der Waals surface area (Å²) in [4.78, 5) is 4.06. The first kappa shape index (κ1) is 16.2. The SMILES string of the molecule is CN=C(NCCCS(C)(=O)=O)NCCC(C)C. The van der Waals surface area contributed by atoms with E-state index in [1.807, 2.05) is 0 Å². The van der Waals surface area contributed by atoms with Gasteiger partial charge in [0.2, 0.25) is 0 Å². The average molecular weight is 263 g/mol. The molecule has 102 valence electrons. The molecule has 0 aliphatic carbocycles. The van der Waals surface area contributed by atoms with Gasteiger partial charge < -0.3 is 10.6 Å². The zero-order chi connectivity index (χ0) is 13.3. The molecule has 0 fully saturated rings. The van der Waals surface area contributed by atoms with Crippen molar-refractivity contribution in [2.24, 2.45) is 10.9 Å². The maximum atomic E-state index is 10.9. The lowest BCUT2D eigenvalue weighted by atomic mass is 10.1. The molecule has 0 aliphatic rings. The van der Waals surface area contributed by atoms with Gasteiger partial charge in [0.05, 0.1) is 5.75 Å². The Kier molecular flexibility index (Phi) is 7.95. The van der Waals surface area contributed by atoms with Crippen molar-refractivity contribution in [2.45, 2.75) is 26.7 Å². The van der Waals surface area contributed by atoms with Crippen LogP contribution in [-0.4, -0.2) is 46.5 Å². The van der Waals surface area contributed by atoms with Crippen LogP contribution in [0.15, 0.2) is 4.99 Å². The first-order chi connectivity index (χ1) is 7.85. The van der Waals surface area contributed by atoms with E-state index < -0.39 is 9.84 Å². The summed E-state index contributed by atoms with van der Waals surface area (Å²) in [5.74, 6) is 1.60. The normalized spacial score (nSPS) is 12.9. The third-order valence-corrected chi connectivity index (χ3v) is 3.25. The zero-order valence-electron chi connectivity index (χ0n) is 11.3. The lowest BCUT2D eigenvalue weighted by molar-refractivity contribution is 0.573. The van der Waals surface area contributed by atoms with Crippen LogP contribution in [0.1, 0.15) is 26.7 Å². The van der Waals surface area contributed by atoms with Crippen LogP contribution in [0.3, 0.4) is 0 Å². The van der Waals surface area contributed by atoms with E-state index in [1.165, 1.54) is 6.26 Å². The molecule has 0 unspecified atom stereocenters. The smallest absolute Gasteiger partial charge is 0.190 e. The summed E-state index contributed by atoms with van der Waals surface area (Å²) in [7, 11) is -1.15. The Morgan fingerprint density at radius 3 is 2.29 bits per heavy atom. The number of hydrogen-bond donors (Lipinski definition) is 2. The monoisotopic (exact) mass is 263 g/mol. The Bertz CT molecular complexity index is 324. The number of rotatable bonds is 7. The topological polar surface area (TPSA) is 70.6 Å². The van der Waals surface area contributed by atoms with Crippen LogP contribution >= 0.6 is 0 Å². The molecule has 0 rings (SSSR count). The summed E-state index contributed by atoms with van der Waals surface area (Å²) in [6.45, 7) is 5.84. The van der Waals surface area contributed by atoms with Crippen molar-refractivity contribution in [2.75, 3.05) is 32.1 Å². The van der Waals surface area contributed by atoms with E-state index in [2.05, 4.69) is 29.5 Å². The first-order valence-electron chi connectivity index (χ1n) is 5.97. The van der Waals surface area contributed by atoms with Crippen molar-refractivity contribution in [3.05, 3.63) is 0 Å². The van der Waals surface area contributed by atoms with Gasteiger partial charge in [-0.2, -0.15) is 0 Å². The predicted molar refractivity (Wildman–Crippen MR) is 73.1 cm³/mol. The van der Waals surface area contributed by atoms with E-state index in [0.29, 0.717) is 18.9 Å². The summed E-state index contributed by atoms with van der Waals surface area (Å²) in [5, 5.41) is 6.28. The van der Waals surface area contributed by atoms with Crippen LogP contribution in [0, 0.1) is 5.92 Å². The van der Waals surface area contributed by atoms with Gasteiger partial charge in [-0.1, -0.05) is 13.8 Å². The van der Waals surface area contributed by atoms with Gasteiger partial charge in [-0.3, -0.25) is 4.99 Å². The van der Waals surface area contributed by atoms with E-state index in [0.717, 1.165) is 18.9 Å². The molecule has 0 aliphatic heterocycles. The van der Waals surface area contributed by atoms with Gasteiger partial charge in [-0.05, 0) is 18.8 Å². The molecule has 0 saturated carbocycles. The number of hydrogen-bond acceptors (Lipinski definition) is 3. The molecule has 0 aromatic heterocycles. The minimum absolute atomic E-state index is 0.211. The molecule has 0 aromatic rings. The second kappa shape index (κ2) is 8.33. The molecular weight excluding hydrogens is 238 g/mol. The Hall–Kier alpha value is -0.780. The molecule has 0 bridgehead atoms. The van der Waals surface area contributed by atoms with E-state index in [1.54, 1.807) is 7.05 Å². The summed E-state index contributed by atoms with van der Waals surface area (Å²) >= 11 is 0. The Morgan fingerprint density at radius 1 is 1.24 bits per heavy atom. The van der Waals surface area contributed by atoms with Crippen molar-refractivity contribution in [1.82, 2.24) is 10.6 Å². The molecule has 0 saturated heterocycles. The number of sulfone groups is 1. The molecule has 17 heavy (non-hydrogen) atoms. The predicted octanol–water partition coefficient (Wildman–Crippen LogP) is 0.632. The average Bonchev–Trinajstić information content (AvgIpc) is 2.19. The highest BCUT2D eigenvalue weighted by Crippen LogP contribution is 1.96. The van der Waals surface area contributed by atoms with E-state index in [9.17, 15) is 8.42 Å². The number of nitrogens with one attached hydrogen (secondary N) is 2. The van der Waals surface area contributed by atoms with Crippen LogP contribution in [0.4, 0.5) is 0 Å². The van der Waals surface area contributed by atoms with Gasteiger partial charge in [0.15, 0.2) is 5.96 Å². The molecule has 0 atom stereocenters. The minimum Gasteiger partial charge on any atom is -0.356 e. The van der Waals surface area contributed by atoms with Gasteiger partial charge in [0, 0.05) is 26.4 Å². The minimum atomic E-state index is -2.86. The van der Waals surface area contributed by atoms with Crippen molar-refractivity contribution in [3.63, 3.8) is 0 Å². The fourth-order valence-electron chi connectivity index (χ4n) is 1.24. The Balaban J connectivity index is 3.70. The summed E-state index contributed by atoms with van der Waals surface area (Å²) in [6.07, 6.45) is 2.94. The van der Waals surface area contributed by atoms with Gasteiger partial charge in [-0.15, -0.1) is 0 Å². The molecule has 0 heterocycles. The van der Waals surface area contributed by atoms with Crippen LogP contribution in [0.25, 0.3) is 0 Å². The second-order valence-corrected chi connectivity index (χ2v) is 6.85. The highest BCUT2D eigenvalue weighted by molar-refractivity contribution is 7.90. The Labute approximate surface area is 105 Å². The van der Waals surface area contributed by atoms with Gasteiger partial charge in [0.25, 0.3) is 0 Å². The number of nitrogens with zero attached hydrogens (tertiary/aromatic N) is 1. The Morgan fingerprint density at radius 2 is 1.82 bits per heavy atom. The third-order valence-electron chi connectivity index (χ3n) is 2.22. The fraction of sp³-hybridized carbons (Fsp3) is 0.909. The fourth-order valence-corrected chi connectivity index (χ4v) is 1.91. The lowest BCUT2D eigenvalue weighted by Gasteiger charge is -2.12. The highest BCUT2D eigenvalue weighted by atomic mass is 32.2. The highest BCUT2D eigenvalue weighted by Gasteiger charge is 2.02. The lowest BCUT2D eigenvalue weighted by Crippen LogP contribution is -2.38. The van der Waals surface area contributed by atoms with Gasteiger partial charge in [-0.25, -0.2) is 8.42 Å². The van der Waals surface area contributed by atoms with Crippen molar-refractivity contribution >= 4 is 15.8 Å². The molecule has 0 amide bonds. The molecule has 6 heteroatoms. The molecule has 0 aromatic carbocycles. The zero-order valence-corrected chi connectivity index (χ0v) is 12.1. The molecular formula is C11H25N3O2S. The maximum Gasteiger partial charge on any atom is 0.190 e. The van der Waals surface area contributed by atoms with Crippen LogP contribution < -0.4 is 10.6 Å². The van der Waals surface area contributed by atoms with Crippen molar-refractivity contribution < 1.29 is 8.42 Å². The van der Waals surface area contributed by atoms with Crippen molar-refractivity contribution in [3.8, 4) is 0 Å². The van der Waals surface area contributed by atoms with Crippen molar-refractivity contribution in [1.29, 1.82) is 0 Å². The van der Waals surface area contributed by atoms with Gasteiger partial charge >= 0.3 is 0 Å². The maximum absolute atomic E-state index is 10.9. The van der Waals surface area contributed by atoms with Gasteiger partial charge in [0.1, 0.15) is 9.84 Å². The van der Waals surface area contributed by atoms with Crippen LogP contribution in [0.5, 0.6) is 0 Å². The standard InChI is InChI=1S/C11H25N3O2S/c1-10(2)6-8-14-11(12-3)13-7-5-9-17(4,15)16/h10H,5-9H2,1-4H3,(H2,12,13,14). The summed E-state index contributed by atoms with van der Waals surface area (Å²) < 4.78 is 21.8. The van der Waals surface area contributed by atoms with E-state index >= 15 is 0 Å². The third kappa shape index (κ3) is 11.5. The molecule has 5 nitrogen and oxygen atoms in total.